The lowest BCUT2D eigenvalue weighted by atomic mass is 9.97. The molecule has 144 valence electrons. The van der Waals surface area contributed by atoms with Gasteiger partial charge in [0.1, 0.15) is 10.6 Å². The van der Waals surface area contributed by atoms with E-state index in [0.717, 1.165) is 42.9 Å². The molecule has 8 heteroatoms. The van der Waals surface area contributed by atoms with Crippen molar-refractivity contribution < 1.29 is 14.3 Å². The van der Waals surface area contributed by atoms with Crippen molar-refractivity contribution in [3.05, 3.63) is 40.9 Å². The van der Waals surface area contributed by atoms with Crippen molar-refractivity contribution in [3.8, 4) is 5.75 Å². The van der Waals surface area contributed by atoms with Crippen LogP contribution in [0.1, 0.15) is 41.6 Å². The van der Waals surface area contributed by atoms with Crippen LogP contribution < -0.4 is 10.1 Å². The minimum absolute atomic E-state index is 0.0978. The van der Waals surface area contributed by atoms with Gasteiger partial charge in [-0.05, 0) is 48.8 Å². The molecule has 0 radical (unpaired) electrons. The molecule has 1 saturated heterocycles. The fourth-order valence-corrected chi connectivity index (χ4v) is 3.70. The van der Waals surface area contributed by atoms with Crippen LogP contribution in [0.4, 0.5) is 4.79 Å². The first kappa shape index (κ1) is 19.3. The van der Waals surface area contributed by atoms with Crippen molar-refractivity contribution in [2.24, 2.45) is 5.92 Å². The average molecular weight is 388 g/mol. The van der Waals surface area contributed by atoms with Crippen molar-refractivity contribution in [1.82, 2.24) is 19.8 Å². The Labute approximate surface area is 162 Å². The molecule has 1 aliphatic heterocycles. The number of likely N-dealkylation sites (tertiary alicyclic amines) is 1. The minimum Gasteiger partial charge on any atom is -0.410 e. The number of aryl methyl sites for hydroxylation is 1. The number of carbonyl (C=O) groups excluding carboxylic acids is 2. The fraction of sp³-hybridized carbons (Fsp3) is 0.474. The molecule has 0 aliphatic carbocycles. The number of amides is 2. The molecule has 2 amide bonds. The van der Waals surface area contributed by atoms with E-state index in [9.17, 15) is 9.59 Å². The number of nitrogens with zero attached hydrogens (tertiary/aromatic N) is 3. The monoisotopic (exact) mass is 388 g/mol. The number of carbonyl (C=O) groups is 2. The molecule has 0 bridgehead atoms. The highest BCUT2D eigenvalue weighted by Crippen LogP contribution is 2.19. The third kappa shape index (κ3) is 5.26. The quantitative estimate of drug-likeness (QED) is 0.822. The van der Waals surface area contributed by atoms with Crippen molar-refractivity contribution in [2.75, 3.05) is 19.6 Å². The number of aromatic nitrogens is 2. The molecule has 3 rings (SSSR count). The summed E-state index contributed by atoms with van der Waals surface area (Å²) in [6, 6.07) is 9.08. The zero-order valence-electron chi connectivity index (χ0n) is 15.4. The van der Waals surface area contributed by atoms with Crippen LogP contribution in [0.3, 0.4) is 0 Å². The van der Waals surface area contributed by atoms with E-state index in [1.54, 1.807) is 17.0 Å². The van der Waals surface area contributed by atoms with Crippen LogP contribution in [0.15, 0.2) is 30.3 Å². The smallest absolute Gasteiger partial charge is 0.410 e. The van der Waals surface area contributed by atoms with E-state index in [-0.39, 0.29) is 12.0 Å². The summed E-state index contributed by atoms with van der Waals surface area (Å²) in [4.78, 5) is 26.9. The van der Waals surface area contributed by atoms with Gasteiger partial charge in [0.2, 0.25) is 0 Å². The van der Waals surface area contributed by atoms with Crippen LogP contribution in [-0.4, -0.2) is 46.1 Å². The molecule has 27 heavy (non-hydrogen) atoms. The number of benzene rings is 1. The van der Waals surface area contributed by atoms with E-state index < -0.39 is 0 Å². The molecule has 0 saturated carbocycles. The lowest BCUT2D eigenvalue weighted by Crippen LogP contribution is -2.42. The molecule has 1 aromatic carbocycles. The van der Waals surface area contributed by atoms with E-state index in [2.05, 4.69) is 21.8 Å². The number of nitrogens with one attached hydrogen (secondary N) is 1. The number of piperidine rings is 1. The maximum atomic E-state index is 12.4. The summed E-state index contributed by atoms with van der Waals surface area (Å²) >= 11 is 1.15. The molecule has 7 nitrogen and oxygen atoms in total. The van der Waals surface area contributed by atoms with Gasteiger partial charge in [-0.25, -0.2) is 4.79 Å². The van der Waals surface area contributed by atoms with Gasteiger partial charge in [-0.2, -0.15) is 0 Å². The van der Waals surface area contributed by atoms with E-state index >= 15 is 0 Å². The van der Waals surface area contributed by atoms with E-state index in [1.807, 2.05) is 18.2 Å². The molecule has 2 heterocycles. The van der Waals surface area contributed by atoms with Gasteiger partial charge in [0.25, 0.3) is 5.91 Å². The molecular formula is C19H24N4O3S. The van der Waals surface area contributed by atoms with Crippen LogP contribution >= 0.6 is 11.5 Å². The molecule has 1 fully saturated rings. The number of ether oxygens (including phenoxy) is 1. The highest BCUT2D eigenvalue weighted by Gasteiger charge is 2.25. The summed E-state index contributed by atoms with van der Waals surface area (Å²) in [5.74, 6) is 0.808. The predicted octanol–water partition coefficient (Wildman–Crippen LogP) is 3.13. The molecule has 0 unspecified atom stereocenters. The zero-order valence-corrected chi connectivity index (χ0v) is 16.2. The van der Waals surface area contributed by atoms with Crippen molar-refractivity contribution in [1.29, 1.82) is 0 Å². The SMILES string of the molecule is CCCc1nnsc1C(=O)NCC1CCN(C(=O)Oc2ccccc2)CC1. The summed E-state index contributed by atoms with van der Waals surface area (Å²) in [5.41, 5.74) is 0.776. The zero-order chi connectivity index (χ0) is 19.1. The molecule has 2 aromatic rings. The lowest BCUT2D eigenvalue weighted by Gasteiger charge is -2.31. The maximum absolute atomic E-state index is 12.4. The summed E-state index contributed by atoms with van der Waals surface area (Å²) in [7, 11) is 0. The largest absolute Gasteiger partial charge is 0.415 e. The minimum atomic E-state index is -0.316. The summed E-state index contributed by atoms with van der Waals surface area (Å²) in [6.45, 7) is 3.92. The molecule has 0 atom stereocenters. The van der Waals surface area contributed by atoms with Crippen LogP contribution in [0.2, 0.25) is 0 Å². The second kappa shape index (κ2) is 9.45. The second-order valence-corrected chi connectivity index (χ2v) is 7.37. The Hall–Kier alpha value is -2.48. The second-order valence-electron chi connectivity index (χ2n) is 6.62. The van der Waals surface area contributed by atoms with Crippen molar-refractivity contribution in [3.63, 3.8) is 0 Å². The Balaban J connectivity index is 1.42. The van der Waals surface area contributed by atoms with Gasteiger partial charge in [-0.15, -0.1) is 5.10 Å². The molecular weight excluding hydrogens is 364 g/mol. The normalized spacial score (nSPS) is 14.8. The first-order valence-electron chi connectivity index (χ1n) is 9.28. The first-order valence-corrected chi connectivity index (χ1v) is 10.1. The van der Waals surface area contributed by atoms with Gasteiger partial charge < -0.3 is 15.0 Å². The Morgan fingerprint density at radius 3 is 2.70 bits per heavy atom. The standard InChI is InChI=1S/C19H24N4O3S/c1-2-6-16-17(27-22-21-16)18(24)20-13-14-9-11-23(12-10-14)19(25)26-15-7-4-3-5-8-15/h3-5,7-8,14H,2,6,9-13H2,1H3,(H,20,24). The average Bonchev–Trinajstić information content (AvgIpc) is 3.16. The summed E-state index contributed by atoms with van der Waals surface area (Å²) in [6.07, 6.45) is 3.06. The summed E-state index contributed by atoms with van der Waals surface area (Å²) in [5, 5.41) is 7.03. The lowest BCUT2D eigenvalue weighted by molar-refractivity contribution is 0.0934. The number of rotatable bonds is 6. The Morgan fingerprint density at radius 2 is 2.00 bits per heavy atom. The Kier molecular flexibility index (Phi) is 6.75. The Bertz CT molecular complexity index is 757. The van der Waals surface area contributed by atoms with Gasteiger partial charge in [0.05, 0.1) is 5.69 Å². The van der Waals surface area contributed by atoms with Gasteiger partial charge in [-0.1, -0.05) is 36.0 Å². The van der Waals surface area contributed by atoms with Crippen molar-refractivity contribution >= 4 is 23.5 Å². The van der Waals surface area contributed by atoms with Gasteiger partial charge in [0, 0.05) is 19.6 Å². The highest BCUT2D eigenvalue weighted by atomic mass is 32.1. The van der Waals surface area contributed by atoms with Gasteiger partial charge in [-0.3, -0.25) is 4.79 Å². The first-order chi connectivity index (χ1) is 13.2. The van der Waals surface area contributed by atoms with Gasteiger partial charge in [0.15, 0.2) is 0 Å². The van der Waals surface area contributed by atoms with E-state index in [4.69, 9.17) is 4.74 Å². The Morgan fingerprint density at radius 1 is 1.26 bits per heavy atom. The molecule has 1 N–H and O–H groups in total. The molecule has 1 aliphatic rings. The summed E-state index contributed by atoms with van der Waals surface area (Å²) < 4.78 is 9.27. The molecule has 0 spiro atoms. The number of hydrogen-bond donors (Lipinski definition) is 1. The predicted molar refractivity (Wildman–Crippen MR) is 103 cm³/mol. The third-order valence-corrected chi connectivity index (χ3v) is 5.39. The van der Waals surface area contributed by atoms with E-state index in [1.165, 1.54) is 0 Å². The van der Waals surface area contributed by atoms with E-state index in [0.29, 0.717) is 36.2 Å². The van der Waals surface area contributed by atoms with Crippen LogP contribution in [-0.2, 0) is 6.42 Å². The van der Waals surface area contributed by atoms with Gasteiger partial charge >= 0.3 is 6.09 Å². The van der Waals surface area contributed by atoms with Crippen LogP contribution in [0, 0.1) is 5.92 Å². The fourth-order valence-electron chi connectivity index (χ4n) is 3.07. The number of para-hydroxylation sites is 1. The molecule has 1 aromatic heterocycles. The van der Waals surface area contributed by atoms with Crippen LogP contribution in [0.25, 0.3) is 0 Å². The number of hydrogen-bond acceptors (Lipinski definition) is 6. The highest BCUT2D eigenvalue weighted by molar-refractivity contribution is 7.08. The topological polar surface area (TPSA) is 84.4 Å². The maximum Gasteiger partial charge on any atom is 0.415 e. The third-order valence-electron chi connectivity index (χ3n) is 4.62. The van der Waals surface area contributed by atoms with Crippen molar-refractivity contribution in [2.45, 2.75) is 32.6 Å². The van der Waals surface area contributed by atoms with Crippen LogP contribution in [0.5, 0.6) is 5.75 Å².